The molecule has 1 aliphatic rings. The lowest BCUT2D eigenvalue weighted by Gasteiger charge is -2.24. The van der Waals surface area contributed by atoms with Crippen molar-refractivity contribution < 1.29 is 22.7 Å². The van der Waals surface area contributed by atoms with Gasteiger partial charge in [-0.2, -0.15) is 0 Å². The summed E-state index contributed by atoms with van der Waals surface area (Å²) >= 11 is 12.3. The molecule has 0 saturated heterocycles. The van der Waals surface area contributed by atoms with Crippen molar-refractivity contribution in [1.82, 2.24) is 5.32 Å². The minimum atomic E-state index is -3.64. The number of fused-ring (bicyclic) bond motifs is 1. The Bertz CT molecular complexity index is 1350. The van der Waals surface area contributed by atoms with Gasteiger partial charge < -0.3 is 14.8 Å². The maximum Gasteiger partial charge on any atom is 0.251 e. The third kappa shape index (κ3) is 5.83. The van der Waals surface area contributed by atoms with Crippen molar-refractivity contribution in [3.05, 3.63) is 87.4 Å². The highest BCUT2D eigenvalue weighted by molar-refractivity contribution is 7.92. The molecule has 4 rings (SSSR count). The molecule has 0 bridgehead atoms. The molecule has 1 unspecified atom stereocenters. The Balaban J connectivity index is 1.47. The maximum atomic E-state index is 12.8. The molecule has 0 saturated carbocycles. The zero-order chi connectivity index (χ0) is 25.2. The fourth-order valence-electron chi connectivity index (χ4n) is 3.69. The van der Waals surface area contributed by atoms with E-state index in [9.17, 15) is 13.2 Å². The molecule has 3 aromatic carbocycles. The van der Waals surface area contributed by atoms with Gasteiger partial charge in [0.15, 0.2) is 11.5 Å². The average Bonchev–Trinajstić information content (AvgIpc) is 2.84. The third-order valence-corrected chi connectivity index (χ3v) is 7.49. The number of benzene rings is 3. The number of anilines is 1. The number of rotatable bonds is 7. The fraction of sp³-hybridized carbons (Fsp3) is 0.240. The summed E-state index contributed by atoms with van der Waals surface area (Å²) in [6.07, 6.45) is 1.10. The van der Waals surface area contributed by atoms with Gasteiger partial charge in [0.05, 0.1) is 34.6 Å². The van der Waals surface area contributed by atoms with E-state index in [2.05, 4.69) is 5.32 Å². The van der Waals surface area contributed by atoms with Gasteiger partial charge >= 0.3 is 0 Å². The van der Waals surface area contributed by atoms with Crippen molar-refractivity contribution in [2.45, 2.75) is 19.5 Å². The summed E-state index contributed by atoms with van der Waals surface area (Å²) in [4.78, 5) is 12.8. The molecular formula is C25H24Cl2N2O5S. The van der Waals surface area contributed by atoms with Gasteiger partial charge in [-0.1, -0.05) is 47.5 Å². The first-order valence-electron chi connectivity index (χ1n) is 10.8. The highest BCUT2D eigenvalue weighted by atomic mass is 35.5. The van der Waals surface area contributed by atoms with Gasteiger partial charge in [-0.05, 0) is 54.4 Å². The molecule has 0 fully saturated rings. The normalized spacial score (nSPS) is 13.7. The van der Waals surface area contributed by atoms with E-state index in [1.807, 2.05) is 25.1 Å². The molecule has 7 nitrogen and oxygen atoms in total. The topological polar surface area (TPSA) is 84.9 Å². The number of nitrogens with one attached hydrogen (secondary N) is 1. The summed E-state index contributed by atoms with van der Waals surface area (Å²) < 4.78 is 37.3. The van der Waals surface area contributed by atoms with E-state index in [1.54, 1.807) is 42.5 Å². The van der Waals surface area contributed by atoms with Crippen LogP contribution in [0.3, 0.4) is 0 Å². The van der Waals surface area contributed by atoms with E-state index in [1.165, 1.54) is 4.31 Å². The summed E-state index contributed by atoms with van der Waals surface area (Å²) in [7, 11) is -3.64. The molecule has 184 valence electrons. The third-order valence-electron chi connectivity index (χ3n) is 5.56. The largest absolute Gasteiger partial charge is 0.486 e. The van der Waals surface area contributed by atoms with Crippen LogP contribution in [-0.4, -0.2) is 33.8 Å². The molecule has 0 spiro atoms. The van der Waals surface area contributed by atoms with Crippen LogP contribution < -0.4 is 19.1 Å². The number of carbonyl (C=O) groups excluding carboxylic acids is 1. The van der Waals surface area contributed by atoms with Crippen LogP contribution in [0.1, 0.15) is 34.5 Å². The molecule has 10 heteroatoms. The van der Waals surface area contributed by atoms with Crippen LogP contribution in [-0.2, 0) is 16.6 Å². The van der Waals surface area contributed by atoms with Gasteiger partial charge in [0.2, 0.25) is 10.0 Å². The summed E-state index contributed by atoms with van der Waals surface area (Å²) in [5.74, 6) is 1.10. The molecule has 0 aromatic heterocycles. The first kappa shape index (κ1) is 25.2. The Morgan fingerprint density at radius 2 is 1.71 bits per heavy atom. The summed E-state index contributed by atoms with van der Waals surface area (Å²) in [6, 6.07) is 16.9. The van der Waals surface area contributed by atoms with Gasteiger partial charge in [0, 0.05) is 5.56 Å². The van der Waals surface area contributed by atoms with Gasteiger partial charge in [-0.3, -0.25) is 9.10 Å². The van der Waals surface area contributed by atoms with Crippen molar-refractivity contribution in [2.75, 3.05) is 23.8 Å². The molecule has 1 amide bonds. The van der Waals surface area contributed by atoms with E-state index in [-0.39, 0.29) is 34.2 Å². The molecule has 1 heterocycles. The second-order valence-corrected chi connectivity index (χ2v) is 10.8. The molecule has 3 aromatic rings. The van der Waals surface area contributed by atoms with Gasteiger partial charge in [0.25, 0.3) is 5.91 Å². The zero-order valence-electron chi connectivity index (χ0n) is 19.1. The number of amides is 1. The summed E-state index contributed by atoms with van der Waals surface area (Å²) in [5.41, 5.74) is 2.31. The Morgan fingerprint density at radius 3 is 2.40 bits per heavy atom. The first-order valence-corrected chi connectivity index (χ1v) is 13.4. The van der Waals surface area contributed by atoms with Crippen LogP contribution >= 0.6 is 23.2 Å². The molecular weight excluding hydrogens is 511 g/mol. The van der Waals surface area contributed by atoms with Crippen molar-refractivity contribution in [2.24, 2.45) is 0 Å². The minimum absolute atomic E-state index is 0.0361. The Labute approximate surface area is 214 Å². The molecule has 1 aliphatic heterocycles. The number of ether oxygens (including phenoxy) is 2. The Hall–Kier alpha value is -2.94. The van der Waals surface area contributed by atoms with E-state index in [4.69, 9.17) is 32.7 Å². The molecule has 1 atom stereocenters. The van der Waals surface area contributed by atoms with Crippen LogP contribution in [0.4, 0.5) is 5.69 Å². The van der Waals surface area contributed by atoms with Crippen molar-refractivity contribution in [3.8, 4) is 11.5 Å². The second-order valence-electron chi connectivity index (χ2n) is 8.14. The van der Waals surface area contributed by atoms with E-state index < -0.39 is 10.0 Å². The molecule has 35 heavy (non-hydrogen) atoms. The second kappa shape index (κ2) is 10.4. The van der Waals surface area contributed by atoms with Gasteiger partial charge in [0.1, 0.15) is 13.2 Å². The lowest BCUT2D eigenvalue weighted by atomic mass is 10.1. The number of carbonyl (C=O) groups is 1. The van der Waals surface area contributed by atoms with Crippen LogP contribution in [0.15, 0.2) is 60.7 Å². The number of hydrogen-bond donors (Lipinski definition) is 1. The number of nitrogens with zero attached hydrogens (tertiary/aromatic N) is 1. The monoisotopic (exact) mass is 534 g/mol. The predicted molar refractivity (Wildman–Crippen MR) is 137 cm³/mol. The lowest BCUT2D eigenvalue weighted by molar-refractivity contribution is 0.0939. The number of halogens is 2. The fourth-order valence-corrected chi connectivity index (χ4v) is 5.03. The van der Waals surface area contributed by atoms with E-state index in [0.717, 1.165) is 11.8 Å². The summed E-state index contributed by atoms with van der Waals surface area (Å²) in [6.45, 7) is 2.93. The quantitative estimate of drug-likeness (QED) is 0.449. The SMILES string of the molecule is CC(NC(=O)c1ccc(CN(c2cccc(Cl)c2Cl)S(C)(=O)=O)cc1)c1ccc2c(c1)OCCO2. The van der Waals surface area contributed by atoms with Crippen molar-refractivity contribution >= 4 is 44.8 Å². The lowest BCUT2D eigenvalue weighted by Crippen LogP contribution is -2.29. The first-order chi connectivity index (χ1) is 16.6. The summed E-state index contributed by atoms with van der Waals surface area (Å²) in [5, 5.41) is 3.39. The standard InChI is InChI=1S/C25H24Cl2N2O5S/c1-16(19-10-11-22-23(14-19)34-13-12-33-22)28-25(30)18-8-6-17(7-9-18)15-29(35(2,31)32)21-5-3-4-20(26)24(21)27/h3-11,14,16H,12-13,15H2,1-2H3,(H,28,30). The van der Waals surface area contributed by atoms with Gasteiger partial charge in [-0.15, -0.1) is 0 Å². The number of sulfonamides is 1. The maximum absolute atomic E-state index is 12.8. The Kier molecular flexibility index (Phi) is 7.44. The van der Waals surface area contributed by atoms with Crippen LogP contribution in [0.2, 0.25) is 10.0 Å². The zero-order valence-corrected chi connectivity index (χ0v) is 21.5. The van der Waals surface area contributed by atoms with E-state index in [0.29, 0.717) is 35.8 Å². The van der Waals surface area contributed by atoms with Crippen LogP contribution in [0.5, 0.6) is 11.5 Å². The highest BCUT2D eigenvalue weighted by Gasteiger charge is 2.22. The molecule has 1 N–H and O–H groups in total. The van der Waals surface area contributed by atoms with E-state index >= 15 is 0 Å². The van der Waals surface area contributed by atoms with Crippen LogP contribution in [0, 0.1) is 0 Å². The van der Waals surface area contributed by atoms with Gasteiger partial charge in [-0.25, -0.2) is 8.42 Å². The van der Waals surface area contributed by atoms with Crippen molar-refractivity contribution in [1.29, 1.82) is 0 Å². The minimum Gasteiger partial charge on any atom is -0.486 e. The van der Waals surface area contributed by atoms with Crippen LogP contribution in [0.25, 0.3) is 0 Å². The van der Waals surface area contributed by atoms with Crippen molar-refractivity contribution in [3.63, 3.8) is 0 Å². The number of hydrogen-bond acceptors (Lipinski definition) is 5. The molecule has 0 aliphatic carbocycles. The highest BCUT2D eigenvalue weighted by Crippen LogP contribution is 2.35. The smallest absolute Gasteiger partial charge is 0.251 e. The molecule has 0 radical (unpaired) electrons. The average molecular weight is 535 g/mol. The predicted octanol–water partition coefficient (Wildman–Crippen LogP) is 5.22. The Morgan fingerprint density at radius 1 is 1.03 bits per heavy atom.